The number of hydrogen-bond acceptors (Lipinski definition) is 3. The Morgan fingerprint density at radius 2 is 2.37 bits per heavy atom. The molecule has 3 nitrogen and oxygen atoms in total. The van der Waals surface area contributed by atoms with Gasteiger partial charge < -0.3 is 4.90 Å². The van der Waals surface area contributed by atoms with Gasteiger partial charge in [0.25, 0.3) is 5.91 Å². The van der Waals surface area contributed by atoms with Gasteiger partial charge in [-0.3, -0.25) is 4.79 Å². The second-order valence-electron chi connectivity index (χ2n) is 5.26. The number of aromatic nitrogens is 1. The summed E-state index contributed by atoms with van der Waals surface area (Å²) in [7, 11) is 0. The number of thiazole rings is 1. The lowest BCUT2D eigenvalue weighted by Gasteiger charge is -2.30. The van der Waals surface area contributed by atoms with Crippen LogP contribution in [-0.4, -0.2) is 33.2 Å². The van der Waals surface area contributed by atoms with Crippen molar-refractivity contribution in [3.63, 3.8) is 0 Å². The van der Waals surface area contributed by atoms with Crippen molar-refractivity contribution in [2.45, 2.75) is 56.8 Å². The normalized spacial score (nSPS) is 22.1. The first-order valence-corrected chi connectivity index (χ1v) is 8.68. The zero-order chi connectivity index (χ0) is 13.8. The highest BCUT2D eigenvalue weighted by Crippen LogP contribution is 2.25. The summed E-state index contributed by atoms with van der Waals surface area (Å²) in [6, 6.07) is 0.367. The van der Waals surface area contributed by atoms with Gasteiger partial charge in [-0.1, -0.05) is 35.7 Å². The average Bonchev–Trinajstić information content (AvgIpc) is 2.65. The van der Waals surface area contributed by atoms with E-state index in [1.54, 1.807) is 6.20 Å². The third-order valence-electron chi connectivity index (χ3n) is 3.57. The Balaban J connectivity index is 2.14. The molecule has 0 N–H and O–H groups in total. The molecule has 2 atom stereocenters. The van der Waals surface area contributed by atoms with Crippen LogP contribution in [0.3, 0.4) is 0 Å². The molecular formula is C14H21BrN2OS. The van der Waals surface area contributed by atoms with E-state index < -0.39 is 0 Å². The van der Waals surface area contributed by atoms with E-state index in [1.807, 2.05) is 6.92 Å². The maximum atomic E-state index is 12.6. The number of carbonyl (C=O) groups is 1. The quantitative estimate of drug-likeness (QED) is 0.776. The molecule has 2 heterocycles. The Bertz CT molecular complexity index is 433. The summed E-state index contributed by atoms with van der Waals surface area (Å²) in [5.74, 6) is 0.172. The molecule has 2 rings (SSSR count). The monoisotopic (exact) mass is 344 g/mol. The Morgan fingerprint density at radius 1 is 1.58 bits per heavy atom. The first-order valence-electron chi connectivity index (χ1n) is 6.95. The highest BCUT2D eigenvalue weighted by Gasteiger charge is 2.27. The minimum absolute atomic E-state index is 0.172. The molecule has 0 bridgehead atoms. The minimum Gasteiger partial charge on any atom is -0.335 e. The summed E-state index contributed by atoms with van der Waals surface area (Å²) >= 11 is 5.13. The number of halogens is 1. The van der Waals surface area contributed by atoms with Crippen LogP contribution in [0.25, 0.3) is 0 Å². The van der Waals surface area contributed by atoms with E-state index in [2.05, 4.69) is 32.7 Å². The predicted octanol–water partition coefficient (Wildman–Crippen LogP) is 4.01. The van der Waals surface area contributed by atoms with E-state index in [9.17, 15) is 4.79 Å². The highest BCUT2D eigenvalue weighted by molar-refractivity contribution is 9.09. The first-order chi connectivity index (χ1) is 9.08. The van der Waals surface area contributed by atoms with Crippen LogP contribution in [0.1, 0.15) is 53.7 Å². The lowest BCUT2D eigenvalue weighted by Crippen LogP contribution is -2.40. The van der Waals surface area contributed by atoms with Gasteiger partial charge >= 0.3 is 0 Å². The van der Waals surface area contributed by atoms with Crippen molar-refractivity contribution >= 4 is 33.2 Å². The number of likely N-dealkylation sites (tertiary alicyclic amines) is 1. The zero-order valence-electron chi connectivity index (χ0n) is 11.6. The summed E-state index contributed by atoms with van der Waals surface area (Å²) in [4.78, 5) is 20.2. The van der Waals surface area contributed by atoms with E-state index >= 15 is 0 Å². The van der Waals surface area contributed by atoms with Gasteiger partial charge in [0.1, 0.15) is 4.88 Å². The van der Waals surface area contributed by atoms with Gasteiger partial charge in [0.15, 0.2) is 0 Å². The molecule has 0 aromatic carbocycles. The molecule has 1 aromatic heterocycles. The molecule has 1 aliphatic rings. The van der Waals surface area contributed by atoms with E-state index in [-0.39, 0.29) is 5.91 Å². The van der Waals surface area contributed by atoms with Crippen molar-refractivity contribution in [3.05, 3.63) is 16.1 Å². The van der Waals surface area contributed by atoms with E-state index in [4.69, 9.17) is 0 Å². The van der Waals surface area contributed by atoms with Crippen molar-refractivity contribution in [2.24, 2.45) is 0 Å². The average molecular weight is 345 g/mol. The number of amides is 1. The number of alkyl halides is 1. The fraction of sp³-hybridized carbons (Fsp3) is 0.714. The molecular weight excluding hydrogens is 324 g/mol. The fourth-order valence-corrected chi connectivity index (χ4v) is 3.83. The zero-order valence-corrected chi connectivity index (χ0v) is 14.0. The number of carbonyl (C=O) groups excluding carboxylic acids is 1. The molecule has 0 radical (unpaired) electrons. The second-order valence-corrected chi connectivity index (χ2v) is 8.06. The largest absolute Gasteiger partial charge is 0.335 e. The molecule has 5 heteroatoms. The molecule has 0 aliphatic carbocycles. The summed E-state index contributed by atoms with van der Waals surface area (Å²) < 4.78 is 0. The Labute approximate surface area is 127 Å². The number of rotatable bonds is 3. The fourth-order valence-electron chi connectivity index (χ4n) is 2.67. The maximum Gasteiger partial charge on any atom is 0.265 e. The Hall–Kier alpha value is -0.420. The van der Waals surface area contributed by atoms with Gasteiger partial charge in [-0.15, -0.1) is 11.3 Å². The Kier molecular flexibility index (Phi) is 5.39. The molecule has 0 saturated carbocycles. The molecule has 106 valence electrons. The molecule has 1 aliphatic heterocycles. The second kappa shape index (κ2) is 6.84. The van der Waals surface area contributed by atoms with Gasteiger partial charge in [0, 0.05) is 17.4 Å². The van der Waals surface area contributed by atoms with Crippen molar-refractivity contribution in [1.82, 2.24) is 9.88 Å². The number of hydrogen-bond donors (Lipinski definition) is 0. The lowest BCUT2D eigenvalue weighted by molar-refractivity contribution is 0.0679. The number of nitrogens with zero attached hydrogens (tertiary/aromatic N) is 2. The van der Waals surface area contributed by atoms with Crippen LogP contribution in [-0.2, 0) is 0 Å². The van der Waals surface area contributed by atoms with Gasteiger partial charge in [-0.2, -0.15) is 0 Å². The van der Waals surface area contributed by atoms with Crippen LogP contribution >= 0.6 is 27.3 Å². The van der Waals surface area contributed by atoms with Crippen molar-refractivity contribution in [1.29, 1.82) is 0 Å². The van der Waals surface area contributed by atoms with Crippen molar-refractivity contribution in [2.75, 3.05) is 6.54 Å². The molecule has 1 fully saturated rings. The molecule has 1 aromatic rings. The topological polar surface area (TPSA) is 33.2 Å². The standard InChI is InChI=1S/C14H21BrN2OS/c1-10(15)8-12-6-4-3-5-7-17(12)14(18)13-9-16-11(2)19-13/h9-10,12H,3-8H2,1-2H3. The van der Waals surface area contributed by atoms with Gasteiger partial charge in [0.05, 0.1) is 11.2 Å². The lowest BCUT2D eigenvalue weighted by atomic mass is 10.0. The van der Waals surface area contributed by atoms with Gasteiger partial charge in [-0.25, -0.2) is 4.98 Å². The summed E-state index contributed by atoms with van der Waals surface area (Å²) in [5, 5.41) is 0.962. The molecule has 2 unspecified atom stereocenters. The van der Waals surface area contributed by atoms with Crippen LogP contribution in [0.15, 0.2) is 6.20 Å². The van der Waals surface area contributed by atoms with Crippen LogP contribution < -0.4 is 0 Å². The van der Waals surface area contributed by atoms with E-state index in [0.717, 1.165) is 35.7 Å². The van der Waals surface area contributed by atoms with E-state index in [0.29, 0.717) is 10.9 Å². The summed E-state index contributed by atoms with van der Waals surface area (Å²) in [6.07, 6.45) is 7.47. The van der Waals surface area contributed by atoms with Crippen LogP contribution in [0, 0.1) is 6.92 Å². The predicted molar refractivity (Wildman–Crippen MR) is 83.1 cm³/mol. The first kappa shape index (κ1) is 15.0. The smallest absolute Gasteiger partial charge is 0.265 e. The van der Waals surface area contributed by atoms with Crippen LogP contribution in [0.2, 0.25) is 0 Å². The SMILES string of the molecule is Cc1ncc(C(=O)N2CCCCCC2CC(C)Br)s1. The highest BCUT2D eigenvalue weighted by atomic mass is 79.9. The molecule has 19 heavy (non-hydrogen) atoms. The molecule has 0 spiro atoms. The van der Waals surface area contributed by atoms with Crippen LogP contribution in [0.4, 0.5) is 0 Å². The minimum atomic E-state index is 0.172. The molecule has 1 saturated heterocycles. The maximum absolute atomic E-state index is 12.6. The Morgan fingerprint density at radius 3 is 3.00 bits per heavy atom. The third kappa shape index (κ3) is 4.02. The van der Waals surface area contributed by atoms with Gasteiger partial charge in [0.2, 0.25) is 0 Å². The summed E-state index contributed by atoms with van der Waals surface area (Å²) in [6.45, 7) is 4.99. The summed E-state index contributed by atoms with van der Waals surface area (Å²) in [5.41, 5.74) is 0. The molecule has 1 amide bonds. The van der Waals surface area contributed by atoms with Gasteiger partial charge in [-0.05, 0) is 26.2 Å². The van der Waals surface area contributed by atoms with E-state index in [1.165, 1.54) is 24.2 Å². The van der Waals surface area contributed by atoms with Crippen molar-refractivity contribution < 1.29 is 4.79 Å². The van der Waals surface area contributed by atoms with Crippen molar-refractivity contribution in [3.8, 4) is 0 Å². The van der Waals surface area contributed by atoms with Crippen LogP contribution in [0.5, 0.6) is 0 Å². The number of aryl methyl sites for hydroxylation is 1. The third-order valence-corrected chi connectivity index (χ3v) is 4.84.